The molecule has 2 rings (SSSR count). The fourth-order valence-electron chi connectivity index (χ4n) is 2.38. The summed E-state index contributed by atoms with van der Waals surface area (Å²) in [6, 6.07) is 2.42. The Morgan fingerprint density at radius 2 is 2.15 bits per heavy atom. The summed E-state index contributed by atoms with van der Waals surface area (Å²) in [5, 5.41) is 14.1. The summed E-state index contributed by atoms with van der Waals surface area (Å²) in [6.07, 6.45) is 1.84. The summed E-state index contributed by atoms with van der Waals surface area (Å²) < 4.78 is 18.9. The predicted molar refractivity (Wildman–Crippen MR) is 77.4 cm³/mol. The van der Waals surface area contributed by atoms with E-state index >= 15 is 0 Å². The molecule has 7 heteroatoms. The maximum Gasteiger partial charge on any atom is 0.295 e. The fraction of sp³-hybridized carbons (Fsp3) is 0.538. The molecule has 1 aliphatic rings. The lowest BCUT2D eigenvalue weighted by molar-refractivity contribution is -0.384. The van der Waals surface area contributed by atoms with E-state index in [0.717, 1.165) is 18.9 Å². The van der Waals surface area contributed by atoms with Crippen molar-refractivity contribution in [2.24, 2.45) is 5.92 Å². The highest BCUT2D eigenvalue weighted by Gasteiger charge is 2.24. The molecule has 1 aliphatic heterocycles. The van der Waals surface area contributed by atoms with Crippen molar-refractivity contribution < 1.29 is 14.1 Å². The average Bonchev–Trinajstić information content (AvgIpc) is 2.43. The minimum absolute atomic E-state index is 0.0648. The molecule has 1 saturated heterocycles. The van der Waals surface area contributed by atoms with Crippen LogP contribution in [-0.4, -0.2) is 24.2 Å². The number of hydrogen-bond acceptors (Lipinski definition) is 4. The van der Waals surface area contributed by atoms with E-state index in [2.05, 4.69) is 21.2 Å². The summed E-state index contributed by atoms with van der Waals surface area (Å²) in [7, 11) is 0. The van der Waals surface area contributed by atoms with E-state index in [1.54, 1.807) is 0 Å². The van der Waals surface area contributed by atoms with Gasteiger partial charge in [0.2, 0.25) is 0 Å². The van der Waals surface area contributed by atoms with E-state index in [1.165, 1.54) is 6.07 Å². The molecule has 0 aromatic heterocycles. The first-order valence-corrected chi connectivity index (χ1v) is 7.26. The van der Waals surface area contributed by atoms with E-state index in [0.29, 0.717) is 24.8 Å². The SMILES string of the molecule is CC(Nc1cc(Br)c(F)cc1[N+](=O)[O-])C1CCOCC1. The van der Waals surface area contributed by atoms with Crippen LogP contribution in [0, 0.1) is 21.8 Å². The summed E-state index contributed by atoms with van der Waals surface area (Å²) in [5.41, 5.74) is 0.0897. The molecule has 0 aliphatic carbocycles. The number of ether oxygens (including phenoxy) is 1. The first kappa shape index (κ1) is 15.2. The zero-order valence-corrected chi connectivity index (χ0v) is 12.7. The van der Waals surface area contributed by atoms with Crippen molar-refractivity contribution >= 4 is 27.3 Å². The zero-order chi connectivity index (χ0) is 14.7. The third kappa shape index (κ3) is 3.46. The van der Waals surface area contributed by atoms with Crippen molar-refractivity contribution in [3.05, 3.63) is 32.5 Å². The Labute approximate surface area is 124 Å². The van der Waals surface area contributed by atoms with Crippen LogP contribution in [0.3, 0.4) is 0 Å². The van der Waals surface area contributed by atoms with Gasteiger partial charge in [-0.1, -0.05) is 0 Å². The number of nitrogens with one attached hydrogen (secondary N) is 1. The van der Waals surface area contributed by atoms with Crippen LogP contribution in [0.15, 0.2) is 16.6 Å². The second-order valence-corrected chi connectivity index (χ2v) is 5.78. The van der Waals surface area contributed by atoms with Gasteiger partial charge in [-0.3, -0.25) is 10.1 Å². The second-order valence-electron chi connectivity index (χ2n) is 4.92. The number of nitro benzene ring substituents is 1. The normalized spacial score (nSPS) is 17.8. The third-order valence-corrected chi connectivity index (χ3v) is 4.20. The zero-order valence-electron chi connectivity index (χ0n) is 11.1. The number of benzene rings is 1. The van der Waals surface area contributed by atoms with E-state index in [-0.39, 0.29) is 16.2 Å². The topological polar surface area (TPSA) is 64.4 Å². The van der Waals surface area contributed by atoms with Crippen LogP contribution in [0.5, 0.6) is 0 Å². The molecule has 0 radical (unpaired) electrons. The van der Waals surface area contributed by atoms with Crippen LogP contribution in [0.25, 0.3) is 0 Å². The monoisotopic (exact) mass is 346 g/mol. The first-order valence-electron chi connectivity index (χ1n) is 6.46. The number of rotatable bonds is 4. The van der Waals surface area contributed by atoms with Crippen molar-refractivity contribution in [2.45, 2.75) is 25.8 Å². The molecular weight excluding hydrogens is 331 g/mol. The van der Waals surface area contributed by atoms with Gasteiger partial charge in [0.1, 0.15) is 11.5 Å². The Morgan fingerprint density at radius 1 is 1.50 bits per heavy atom. The molecule has 1 N–H and O–H groups in total. The van der Waals surface area contributed by atoms with Crippen molar-refractivity contribution in [1.29, 1.82) is 0 Å². The molecule has 1 unspecified atom stereocenters. The average molecular weight is 347 g/mol. The lowest BCUT2D eigenvalue weighted by Crippen LogP contribution is -2.31. The number of halogens is 2. The highest BCUT2D eigenvalue weighted by atomic mass is 79.9. The molecule has 1 aromatic carbocycles. The van der Waals surface area contributed by atoms with Crippen LogP contribution >= 0.6 is 15.9 Å². The Balaban J connectivity index is 2.19. The van der Waals surface area contributed by atoms with E-state index in [4.69, 9.17) is 4.74 Å². The standard InChI is InChI=1S/C13H16BrFN2O3/c1-8(9-2-4-20-5-3-9)16-12-6-10(14)11(15)7-13(12)17(18)19/h6-9,16H,2-5H2,1H3. The summed E-state index contributed by atoms with van der Waals surface area (Å²) >= 11 is 3.06. The maximum absolute atomic E-state index is 13.4. The van der Waals surface area contributed by atoms with Crippen LogP contribution in [0.1, 0.15) is 19.8 Å². The Hall–Kier alpha value is -1.21. The van der Waals surface area contributed by atoms with Crippen molar-refractivity contribution in [3.63, 3.8) is 0 Å². The molecule has 110 valence electrons. The van der Waals surface area contributed by atoms with Crippen LogP contribution in [0.2, 0.25) is 0 Å². The second kappa shape index (κ2) is 6.49. The Morgan fingerprint density at radius 3 is 2.75 bits per heavy atom. The minimum atomic E-state index is -0.638. The smallest absolute Gasteiger partial charge is 0.295 e. The number of hydrogen-bond donors (Lipinski definition) is 1. The summed E-state index contributed by atoms with van der Waals surface area (Å²) in [6.45, 7) is 3.41. The lowest BCUT2D eigenvalue weighted by Gasteiger charge is -2.29. The van der Waals surface area contributed by atoms with Gasteiger partial charge in [-0.2, -0.15) is 0 Å². The predicted octanol–water partition coefficient (Wildman–Crippen LogP) is 3.72. The van der Waals surface area contributed by atoms with Crippen molar-refractivity contribution in [1.82, 2.24) is 0 Å². The molecule has 0 bridgehead atoms. The Kier molecular flexibility index (Phi) is 4.93. The maximum atomic E-state index is 13.4. The largest absolute Gasteiger partial charge is 0.381 e. The van der Waals surface area contributed by atoms with Crippen molar-refractivity contribution in [3.8, 4) is 0 Å². The third-order valence-electron chi connectivity index (χ3n) is 3.59. The Bertz CT molecular complexity index is 507. The molecule has 0 spiro atoms. The number of nitrogens with zero attached hydrogens (tertiary/aromatic N) is 1. The van der Waals surface area contributed by atoms with Crippen LogP contribution < -0.4 is 5.32 Å². The molecule has 5 nitrogen and oxygen atoms in total. The molecule has 0 saturated carbocycles. The van der Waals surface area contributed by atoms with Gasteiger partial charge in [0.15, 0.2) is 0 Å². The summed E-state index contributed by atoms with van der Waals surface area (Å²) in [4.78, 5) is 10.4. The molecule has 1 fully saturated rings. The van der Waals surface area contributed by atoms with Gasteiger partial charge < -0.3 is 10.1 Å². The van der Waals surface area contributed by atoms with Crippen LogP contribution in [0.4, 0.5) is 15.8 Å². The van der Waals surface area contributed by atoms with E-state index < -0.39 is 10.7 Å². The van der Waals surface area contributed by atoms with E-state index in [9.17, 15) is 14.5 Å². The van der Waals surface area contributed by atoms with Gasteiger partial charge in [-0.15, -0.1) is 0 Å². The number of anilines is 1. The quantitative estimate of drug-likeness (QED) is 0.666. The van der Waals surface area contributed by atoms with Gasteiger partial charge in [0.05, 0.1) is 15.5 Å². The number of nitro groups is 1. The molecule has 1 aromatic rings. The summed E-state index contributed by atoms with van der Waals surface area (Å²) in [5.74, 6) is -0.242. The van der Waals surface area contributed by atoms with Gasteiger partial charge >= 0.3 is 0 Å². The molecular formula is C13H16BrFN2O3. The minimum Gasteiger partial charge on any atom is -0.381 e. The lowest BCUT2D eigenvalue weighted by atomic mass is 9.93. The molecule has 1 atom stereocenters. The van der Waals surface area contributed by atoms with Gasteiger partial charge in [0, 0.05) is 19.3 Å². The molecule has 0 amide bonds. The van der Waals surface area contributed by atoms with Crippen molar-refractivity contribution in [2.75, 3.05) is 18.5 Å². The molecule has 1 heterocycles. The highest BCUT2D eigenvalue weighted by Crippen LogP contribution is 2.32. The first-order chi connectivity index (χ1) is 9.49. The van der Waals surface area contributed by atoms with Gasteiger partial charge in [-0.05, 0) is 47.7 Å². The van der Waals surface area contributed by atoms with Gasteiger partial charge in [0.25, 0.3) is 5.69 Å². The highest BCUT2D eigenvalue weighted by molar-refractivity contribution is 9.10. The van der Waals surface area contributed by atoms with E-state index in [1.807, 2.05) is 6.92 Å². The van der Waals surface area contributed by atoms with Gasteiger partial charge in [-0.25, -0.2) is 4.39 Å². The fourth-order valence-corrected chi connectivity index (χ4v) is 2.73. The van der Waals surface area contributed by atoms with Crippen LogP contribution in [-0.2, 0) is 4.74 Å². The molecule has 20 heavy (non-hydrogen) atoms.